The maximum Gasteiger partial charge on any atom is 0.263 e. The topological polar surface area (TPSA) is 78.5 Å². The van der Waals surface area contributed by atoms with Gasteiger partial charge in [-0.25, -0.2) is 0 Å². The number of aryl methyl sites for hydroxylation is 1. The average Bonchev–Trinajstić information content (AvgIpc) is 3.32. The fourth-order valence-electron chi connectivity index (χ4n) is 3.92. The van der Waals surface area contributed by atoms with Crippen molar-refractivity contribution >= 4 is 29.1 Å². The van der Waals surface area contributed by atoms with Crippen LogP contribution in [0.1, 0.15) is 59.2 Å². The number of carbonyl (C=O) groups is 3. The lowest BCUT2D eigenvalue weighted by atomic mass is 9.88. The van der Waals surface area contributed by atoms with E-state index in [1.54, 1.807) is 6.07 Å². The quantitative estimate of drug-likeness (QED) is 0.665. The molecule has 1 saturated heterocycles. The third-order valence-corrected chi connectivity index (χ3v) is 7.22. The van der Waals surface area contributed by atoms with Gasteiger partial charge < -0.3 is 15.5 Å². The number of nitrogens with one attached hydrogen (secondary N) is 2. The Hall–Kier alpha value is -2.67. The van der Waals surface area contributed by atoms with Crippen molar-refractivity contribution < 1.29 is 14.4 Å². The third kappa shape index (κ3) is 5.76. The fraction of sp³-hybridized carbons (Fsp3) is 0.480. The second kappa shape index (κ2) is 10.8. The Morgan fingerprint density at radius 3 is 2.28 bits per heavy atom. The zero-order chi connectivity index (χ0) is 23.3. The largest absolute Gasteiger partial charge is 0.352 e. The number of thiophene rings is 1. The molecule has 3 rings (SSSR count). The number of amides is 3. The summed E-state index contributed by atoms with van der Waals surface area (Å²) in [5.74, 6) is -0.0998. The maximum atomic E-state index is 13.2. The minimum atomic E-state index is -0.637. The van der Waals surface area contributed by atoms with Gasteiger partial charge in [-0.15, -0.1) is 11.3 Å². The average molecular weight is 456 g/mol. The molecule has 32 heavy (non-hydrogen) atoms. The van der Waals surface area contributed by atoms with Crippen molar-refractivity contribution in [1.29, 1.82) is 0 Å². The number of hydrogen-bond acceptors (Lipinski definition) is 4. The van der Waals surface area contributed by atoms with Crippen molar-refractivity contribution in [2.75, 3.05) is 13.1 Å². The summed E-state index contributed by atoms with van der Waals surface area (Å²) >= 11 is 1.44. The smallest absolute Gasteiger partial charge is 0.263 e. The van der Waals surface area contributed by atoms with Crippen LogP contribution in [0.4, 0.5) is 0 Å². The highest BCUT2D eigenvalue weighted by molar-refractivity contribution is 7.12. The molecular weight excluding hydrogens is 422 g/mol. The van der Waals surface area contributed by atoms with Crippen LogP contribution in [-0.2, 0) is 4.79 Å². The molecule has 6 nitrogen and oxygen atoms in total. The third-order valence-electron chi connectivity index (χ3n) is 6.36. The molecule has 0 bridgehead atoms. The first-order valence-corrected chi connectivity index (χ1v) is 12.2. The summed E-state index contributed by atoms with van der Waals surface area (Å²) in [7, 11) is 0. The number of rotatable bonds is 7. The van der Waals surface area contributed by atoms with E-state index < -0.39 is 6.04 Å². The molecule has 1 aromatic carbocycles. The molecular formula is C25H33N3O3S. The molecule has 2 atom stereocenters. The summed E-state index contributed by atoms with van der Waals surface area (Å²) in [6.45, 7) is 9.13. The molecule has 3 amide bonds. The van der Waals surface area contributed by atoms with Gasteiger partial charge in [-0.2, -0.15) is 0 Å². The molecule has 0 unspecified atom stereocenters. The van der Waals surface area contributed by atoms with Crippen molar-refractivity contribution in [3.8, 4) is 0 Å². The first kappa shape index (κ1) is 24.0. The predicted octanol–water partition coefficient (Wildman–Crippen LogP) is 3.87. The first-order valence-electron chi connectivity index (χ1n) is 11.3. The lowest BCUT2D eigenvalue weighted by Crippen LogP contribution is -2.55. The molecule has 2 heterocycles. The summed E-state index contributed by atoms with van der Waals surface area (Å²) in [6, 6.07) is 10.5. The molecule has 0 saturated carbocycles. The van der Waals surface area contributed by atoms with Gasteiger partial charge in [0.25, 0.3) is 11.8 Å². The lowest BCUT2D eigenvalue weighted by Gasteiger charge is -2.36. The van der Waals surface area contributed by atoms with E-state index in [2.05, 4.69) is 24.5 Å². The summed E-state index contributed by atoms with van der Waals surface area (Å²) in [6.07, 6.45) is 1.33. The standard InChI is InChI=1S/C25H33N3O3S/c1-16(2)18(4)26-24(30)22(27-23(29)20-9-6-5-8-17(20)3)19-11-13-28(14-12-19)25(31)21-10-7-15-32-21/h5-10,15-16,18-19,22H,11-14H2,1-4H3,(H,26,30)(H,27,29)/t18-,22-/m0/s1. The van der Waals surface area contributed by atoms with Crippen LogP contribution < -0.4 is 10.6 Å². The van der Waals surface area contributed by atoms with Gasteiger partial charge in [0.1, 0.15) is 6.04 Å². The van der Waals surface area contributed by atoms with Crippen LogP contribution in [-0.4, -0.2) is 47.8 Å². The Kier molecular flexibility index (Phi) is 8.07. The van der Waals surface area contributed by atoms with Crippen molar-refractivity contribution in [1.82, 2.24) is 15.5 Å². The summed E-state index contributed by atoms with van der Waals surface area (Å²) in [5, 5.41) is 7.98. The lowest BCUT2D eigenvalue weighted by molar-refractivity contribution is -0.125. The number of carbonyl (C=O) groups excluding carboxylic acids is 3. The predicted molar refractivity (Wildman–Crippen MR) is 128 cm³/mol. The zero-order valence-electron chi connectivity index (χ0n) is 19.3. The highest BCUT2D eigenvalue weighted by Gasteiger charge is 2.35. The monoisotopic (exact) mass is 455 g/mol. The molecule has 0 spiro atoms. The molecule has 2 N–H and O–H groups in total. The molecule has 172 valence electrons. The number of piperidine rings is 1. The number of likely N-dealkylation sites (tertiary alicyclic amines) is 1. The SMILES string of the molecule is Cc1ccccc1C(=O)N[C@H](C(=O)N[C@@H](C)C(C)C)C1CCN(C(=O)c2cccs2)CC1. The van der Waals surface area contributed by atoms with Gasteiger partial charge in [0.15, 0.2) is 0 Å². The Bertz CT molecular complexity index is 934. The van der Waals surface area contributed by atoms with Crippen LogP contribution in [0.2, 0.25) is 0 Å². The molecule has 1 aromatic heterocycles. The molecule has 2 aromatic rings. The van der Waals surface area contributed by atoms with Crippen molar-refractivity contribution in [2.45, 2.75) is 52.6 Å². The first-order chi connectivity index (χ1) is 15.3. The Morgan fingerprint density at radius 2 is 1.69 bits per heavy atom. The van der Waals surface area contributed by atoms with Crippen molar-refractivity contribution in [2.24, 2.45) is 11.8 Å². The van der Waals surface area contributed by atoms with Crippen LogP contribution in [0.25, 0.3) is 0 Å². The van der Waals surface area contributed by atoms with Crippen LogP contribution in [0.15, 0.2) is 41.8 Å². The minimum Gasteiger partial charge on any atom is -0.352 e. The molecule has 0 aliphatic carbocycles. The zero-order valence-corrected chi connectivity index (χ0v) is 20.1. The number of benzene rings is 1. The van der Waals surface area contributed by atoms with Crippen LogP contribution in [0.5, 0.6) is 0 Å². The van der Waals surface area contributed by atoms with E-state index in [1.165, 1.54) is 11.3 Å². The van der Waals surface area contributed by atoms with Crippen LogP contribution in [0, 0.1) is 18.8 Å². The maximum absolute atomic E-state index is 13.2. The highest BCUT2D eigenvalue weighted by Crippen LogP contribution is 2.24. The summed E-state index contributed by atoms with van der Waals surface area (Å²) in [5.41, 5.74) is 1.45. The van der Waals surface area contributed by atoms with Crippen molar-refractivity contribution in [3.05, 3.63) is 57.8 Å². The molecule has 7 heteroatoms. The summed E-state index contributed by atoms with van der Waals surface area (Å²) < 4.78 is 0. The molecule has 0 radical (unpaired) electrons. The van der Waals surface area contributed by atoms with E-state index >= 15 is 0 Å². The van der Waals surface area contributed by atoms with Gasteiger partial charge in [-0.3, -0.25) is 14.4 Å². The van der Waals surface area contributed by atoms with E-state index in [-0.39, 0.29) is 35.6 Å². The molecule has 1 aliphatic rings. The van der Waals surface area contributed by atoms with Crippen LogP contribution >= 0.6 is 11.3 Å². The van der Waals surface area contributed by atoms with Gasteiger partial charge in [0, 0.05) is 24.7 Å². The second-order valence-electron chi connectivity index (χ2n) is 8.91. The molecule has 1 fully saturated rings. The number of hydrogen-bond donors (Lipinski definition) is 2. The van der Waals surface area contributed by atoms with E-state index in [1.807, 2.05) is 54.5 Å². The normalized spacial score (nSPS) is 16.5. The van der Waals surface area contributed by atoms with E-state index in [0.29, 0.717) is 31.5 Å². The van der Waals surface area contributed by atoms with E-state index in [9.17, 15) is 14.4 Å². The van der Waals surface area contributed by atoms with Gasteiger partial charge in [-0.05, 0) is 61.6 Å². The highest BCUT2D eigenvalue weighted by atomic mass is 32.1. The Balaban J connectivity index is 1.72. The number of nitrogens with zero attached hydrogens (tertiary/aromatic N) is 1. The van der Waals surface area contributed by atoms with Gasteiger partial charge >= 0.3 is 0 Å². The van der Waals surface area contributed by atoms with Crippen LogP contribution in [0.3, 0.4) is 0 Å². The Labute approximate surface area is 194 Å². The Morgan fingerprint density at radius 1 is 1.00 bits per heavy atom. The molecule has 1 aliphatic heterocycles. The van der Waals surface area contributed by atoms with Gasteiger partial charge in [0.05, 0.1) is 4.88 Å². The van der Waals surface area contributed by atoms with E-state index in [0.717, 1.165) is 10.4 Å². The van der Waals surface area contributed by atoms with E-state index in [4.69, 9.17) is 0 Å². The van der Waals surface area contributed by atoms with Gasteiger partial charge in [-0.1, -0.05) is 38.1 Å². The van der Waals surface area contributed by atoms with Crippen molar-refractivity contribution in [3.63, 3.8) is 0 Å². The second-order valence-corrected chi connectivity index (χ2v) is 9.86. The fourth-order valence-corrected chi connectivity index (χ4v) is 4.61. The minimum absolute atomic E-state index is 0.000795. The van der Waals surface area contributed by atoms with Gasteiger partial charge in [0.2, 0.25) is 5.91 Å². The summed E-state index contributed by atoms with van der Waals surface area (Å²) in [4.78, 5) is 41.5.